The van der Waals surface area contributed by atoms with Gasteiger partial charge in [0.25, 0.3) is 5.56 Å². The number of aromatic amines is 2. The number of aromatic nitrogens is 4. The highest BCUT2D eigenvalue weighted by atomic mass is 16.5. The number of hydrogen-bond acceptors (Lipinski definition) is 5. The maximum Gasteiger partial charge on any atom is 0.384 e. The van der Waals surface area contributed by atoms with Crippen LogP contribution in [0.4, 0.5) is 0 Å². The van der Waals surface area contributed by atoms with Gasteiger partial charge >= 0.3 is 5.97 Å². The van der Waals surface area contributed by atoms with Gasteiger partial charge in [0.1, 0.15) is 11.1 Å². The predicted molar refractivity (Wildman–Crippen MR) is 53.4 cm³/mol. The Bertz CT molecular complexity index is 658. The molecule has 2 N–H and O–H groups in total. The molecule has 0 saturated heterocycles. The van der Waals surface area contributed by atoms with E-state index in [2.05, 4.69) is 36.7 Å². The first-order valence-corrected chi connectivity index (χ1v) is 4.24. The van der Waals surface area contributed by atoms with E-state index in [0.29, 0.717) is 0 Å². The molecule has 0 aromatic carbocycles. The lowest BCUT2D eigenvalue weighted by Gasteiger charge is -1.86. The average molecular weight is 218 g/mol. The highest BCUT2D eigenvalue weighted by Gasteiger charge is 2.07. The van der Waals surface area contributed by atoms with E-state index in [0.717, 1.165) is 0 Å². The van der Waals surface area contributed by atoms with Gasteiger partial charge < -0.3 is 9.72 Å². The van der Waals surface area contributed by atoms with Crippen LogP contribution in [0.25, 0.3) is 11.0 Å². The Morgan fingerprint density at radius 1 is 1.56 bits per heavy atom. The molecule has 0 bridgehead atoms. The Balaban J connectivity index is 2.57. The van der Waals surface area contributed by atoms with Crippen molar-refractivity contribution in [2.75, 3.05) is 7.11 Å². The van der Waals surface area contributed by atoms with E-state index < -0.39 is 5.97 Å². The number of methoxy groups -OCH3 is 1. The van der Waals surface area contributed by atoms with Gasteiger partial charge in [-0.3, -0.25) is 9.89 Å². The highest BCUT2D eigenvalue weighted by molar-refractivity contribution is 5.90. The molecule has 0 fully saturated rings. The molecule has 16 heavy (non-hydrogen) atoms. The number of H-pyrrole nitrogens is 2. The largest absolute Gasteiger partial charge is 0.459 e. The minimum atomic E-state index is -0.692. The summed E-state index contributed by atoms with van der Waals surface area (Å²) in [5.41, 5.74) is 0.112. The fraction of sp³-hybridized carbons (Fsp3) is 0.111. The Morgan fingerprint density at radius 2 is 2.38 bits per heavy atom. The summed E-state index contributed by atoms with van der Waals surface area (Å²) < 4.78 is 4.34. The second-order valence-electron chi connectivity index (χ2n) is 2.77. The van der Waals surface area contributed by atoms with Gasteiger partial charge in [0.05, 0.1) is 13.4 Å². The second kappa shape index (κ2) is 3.86. The Morgan fingerprint density at radius 3 is 3.12 bits per heavy atom. The molecule has 2 heterocycles. The molecule has 0 aliphatic carbocycles. The summed E-state index contributed by atoms with van der Waals surface area (Å²) >= 11 is 0. The van der Waals surface area contributed by atoms with Crippen LogP contribution < -0.4 is 5.56 Å². The van der Waals surface area contributed by atoms with E-state index >= 15 is 0 Å². The van der Waals surface area contributed by atoms with Crippen LogP contribution in [0.2, 0.25) is 0 Å². The molecule has 0 atom stereocenters. The van der Waals surface area contributed by atoms with Crippen LogP contribution in [-0.4, -0.2) is 33.2 Å². The summed E-state index contributed by atoms with van der Waals surface area (Å²) in [6.45, 7) is 0. The quantitative estimate of drug-likeness (QED) is 0.444. The van der Waals surface area contributed by atoms with Crippen molar-refractivity contribution in [2.45, 2.75) is 0 Å². The van der Waals surface area contributed by atoms with Gasteiger partial charge in [-0.2, -0.15) is 5.10 Å². The maximum absolute atomic E-state index is 11.4. The molecule has 0 spiro atoms. The van der Waals surface area contributed by atoms with Crippen LogP contribution in [0.15, 0.2) is 11.1 Å². The third-order valence-electron chi connectivity index (χ3n) is 1.83. The normalized spacial score (nSPS) is 9.56. The number of esters is 1. The van der Waals surface area contributed by atoms with Crippen LogP contribution in [0, 0.1) is 11.8 Å². The molecule has 0 aliphatic heterocycles. The first-order chi connectivity index (χ1) is 7.72. The number of ether oxygens (including phenoxy) is 1. The lowest BCUT2D eigenvalue weighted by atomic mass is 10.3. The first kappa shape index (κ1) is 9.92. The Kier molecular flexibility index (Phi) is 2.39. The smallest absolute Gasteiger partial charge is 0.384 e. The molecular formula is C9H6N4O3. The zero-order chi connectivity index (χ0) is 11.5. The SMILES string of the molecule is COC(=O)C#Cc1[nH]nc2nc[nH]c(=O)c12. The minimum Gasteiger partial charge on any atom is -0.459 e. The third kappa shape index (κ3) is 1.64. The van der Waals surface area contributed by atoms with Crippen molar-refractivity contribution in [3.8, 4) is 11.8 Å². The third-order valence-corrected chi connectivity index (χ3v) is 1.83. The number of nitrogens with one attached hydrogen (secondary N) is 2. The lowest BCUT2D eigenvalue weighted by Crippen LogP contribution is -2.06. The molecule has 2 rings (SSSR count). The summed E-state index contributed by atoms with van der Waals surface area (Å²) in [4.78, 5) is 28.5. The number of hydrogen-bond donors (Lipinski definition) is 2. The fourth-order valence-corrected chi connectivity index (χ4v) is 1.12. The Labute approximate surface area is 88.8 Å². The minimum absolute atomic E-state index is 0.221. The van der Waals surface area contributed by atoms with Crippen molar-refractivity contribution < 1.29 is 9.53 Å². The van der Waals surface area contributed by atoms with Crippen LogP contribution in [-0.2, 0) is 9.53 Å². The van der Waals surface area contributed by atoms with Crippen molar-refractivity contribution in [2.24, 2.45) is 0 Å². The fourth-order valence-electron chi connectivity index (χ4n) is 1.12. The van der Waals surface area contributed by atoms with Gasteiger partial charge in [-0.1, -0.05) is 0 Å². The summed E-state index contributed by atoms with van der Waals surface area (Å²) in [7, 11) is 1.22. The molecule has 2 aromatic heterocycles. The zero-order valence-corrected chi connectivity index (χ0v) is 8.20. The van der Waals surface area contributed by atoms with Gasteiger partial charge in [0, 0.05) is 5.92 Å². The van der Waals surface area contributed by atoms with Crippen molar-refractivity contribution in [3.05, 3.63) is 22.4 Å². The van der Waals surface area contributed by atoms with Crippen molar-refractivity contribution in [3.63, 3.8) is 0 Å². The maximum atomic E-state index is 11.4. The average Bonchev–Trinajstić information content (AvgIpc) is 2.70. The monoisotopic (exact) mass is 218 g/mol. The molecule has 7 heteroatoms. The van der Waals surface area contributed by atoms with Crippen LogP contribution in [0.3, 0.4) is 0 Å². The standard InChI is InChI=1S/C9H6N4O3/c1-16-6(14)3-2-5-7-8(13-12-5)10-4-11-9(7)15/h4H,1H3,(H2,10,11,12,13,15). The van der Waals surface area contributed by atoms with Crippen LogP contribution in [0.5, 0.6) is 0 Å². The second-order valence-corrected chi connectivity index (χ2v) is 2.77. The number of rotatable bonds is 0. The molecule has 0 unspecified atom stereocenters. The van der Waals surface area contributed by atoms with Gasteiger partial charge in [0.2, 0.25) is 0 Å². The molecular weight excluding hydrogens is 212 g/mol. The van der Waals surface area contributed by atoms with Gasteiger partial charge in [-0.25, -0.2) is 9.78 Å². The van der Waals surface area contributed by atoms with E-state index in [1.54, 1.807) is 0 Å². The number of carbonyl (C=O) groups is 1. The predicted octanol–water partition coefficient (Wildman–Crippen LogP) is -0.829. The van der Waals surface area contributed by atoms with E-state index in [4.69, 9.17) is 0 Å². The molecule has 0 aliphatic rings. The zero-order valence-electron chi connectivity index (χ0n) is 8.20. The molecule has 0 saturated carbocycles. The van der Waals surface area contributed by atoms with E-state index in [9.17, 15) is 9.59 Å². The number of fused-ring (bicyclic) bond motifs is 1. The summed E-state index contributed by atoms with van der Waals surface area (Å²) in [6.07, 6.45) is 1.24. The molecule has 80 valence electrons. The molecule has 0 amide bonds. The number of carbonyl (C=O) groups excluding carboxylic acids is 1. The topological polar surface area (TPSA) is 101 Å². The summed E-state index contributed by atoms with van der Waals surface area (Å²) in [5, 5.41) is 6.51. The van der Waals surface area contributed by atoms with Crippen molar-refractivity contribution in [1.29, 1.82) is 0 Å². The molecule has 0 radical (unpaired) electrons. The van der Waals surface area contributed by atoms with E-state index in [1.807, 2.05) is 0 Å². The molecule has 2 aromatic rings. The first-order valence-electron chi connectivity index (χ1n) is 4.24. The van der Waals surface area contributed by atoms with E-state index in [-0.39, 0.29) is 22.3 Å². The summed E-state index contributed by atoms with van der Waals surface area (Å²) in [5.74, 6) is 3.96. The molecule has 7 nitrogen and oxygen atoms in total. The lowest BCUT2D eigenvalue weighted by molar-refractivity contribution is -0.133. The Hall–Kier alpha value is -2.62. The van der Waals surface area contributed by atoms with Crippen molar-refractivity contribution in [1.82, 2.24) is 20.2 Å². The van der Waals surface area contributed by atoms with E-state index in [1.165, 1.54) is 13.4 Å². The van der Waals surface area contributed by atoms with Gasteiger partial charge in [-0.15, -0.1) is 0 Å². The number of nitrogens with zero attached hydrogens (tertiary/aromatic N) is 2. The van der Waals surface area contributed by atoms with Gasteiger partial charge in [-0.05, 0) is 5.92 Å². The summed E-state index contributed by atoms with van der Waals surface area (Å²) in [6, 6.07) is 0. The van der Waals surface area contributed by atoms with Crippen LogP contribution in [0.1, 0.15) is 5.69 Å². The highest BCUT2D eigenvalue weighted by Crippen LogP contribution is 2.05. The van der Waals surface area contributed by atoms with Crippen molar-refractivity contribution >= 4 is 17.0 Å². The van der Waals surface area contributed by atoms with Gasteiger partial charge in [0.15, 0.2) is 5.65 Å². The van der Waals surface area contributed by atoms with Crippen LogP contribution >= 0.6 is 0 Å².